The Kier molecular flexibility index (Phi) is 5.56. The minimum Gasteiger partial charge on any atom is -0.503 e. The molecule has 1 aliphatic heterocycles. The van der Waals surface area contributed by atoms with Gasteiger partial charge in [0.1, 0.15) is 17.6 Å². The molecule has 5 heteroatoms. The van der Waals surface area contributed by atoms with Gasteiger partial charge in [0.2, 0.25) is 0 Å². The van der Waals surface area contributed by atoms with Gasteiger partial charge in [-0.2, -0.15) is 0 Å². The summed E-state index contributed by atoms with van der Waals surface area (Å²) in [7, 11) is 0. The maximum Gasteiger partial charge on any atom is 0.290 e. The van der Waals surface area contributed by atoms with Gasteiger partial charge in [0, 0.05) is 12.5 Å². The molecule has 2 heterocycles. The molecule has 5 nitrogen and oxygen atoms in total. The molecule has 1 saturated carbocycles. The van der Waals surface area contributed by atoms with Gasteiger partial charge in [-0.3, -0.25) is 9.59 Å². The predicted molar refractivity (Wildman–Crippen MR) is 109 cm³/mol. The number of hydrogen-bond acceptors (Lipinski definition) is 4. The van der Waals surface area contributed by atoms with Crippen LogP contribution in [0.3, 0.4) is 0 Å². The number of hydrogen-bond donors (Lipinski definition) is 1. The van der Waals surface area contributed by atoms with Gasteiger partial charge in [0.05, 0.1) is 5.57 Å². The summed E-state index contributed by atoms with van der Waals surface area (Å²) < 4.78 is 5.84. The summed E-state index contributed by atoms with van der Waals surface area (Å²) in [6, 6.07) is 12.8. The molecule has 1 aromatic heterocycles. The first-order chi connectivity index (χ1) is 14.1. The summed E-state index contributed by atoms with van der Waals surface area (Å²) in [5, 5.41) is 10.7. The van der Waals surface area contributed by atoms with E-state index >= 15 is 0 Å². The summed E-state index contributed by atoms with van der Waals surface area (Å²) in [6.07, 6.45) is 5.85. The van der Waals surface area contributed by atoms with Gasteiger partial charge in [-0.1, -0.05) is 49.6 Å². The molecule has 1 N–H and O–H groups in total. The van der Waals surface area contributed by atoms with E-state index in [1.165, 1.54) is 0 Å². The Morgan fingerprint density at radius 3 is 2.48 bits per heavy atom. The number of carbonyl (C=O) groups excluding carboxylic acids is 2. The molecule has 4 rings (SSSR count). The minimum atomic E-state index is -0.637. The Morgan fingerprint density at radius 1 is 1.10 bits per heavy atom. The normalized spacial score (nSPS) is 20.5. The molecule has 152 valence electrons. The van der Waals surface area contributed by atoms with Gasteiger partial charge >= 0.3 is 0 Å². The van der Waals surface area contributed by atoms with Crippen LogP contribution in [-0.2, 0) is 16.0 Å². The van der Waals surface area contributed by atoms with Crippen LogP contribution < -0.4 is 0 Å². The molecule has 0 bridgehead atoms. The highest BCUT2D eigenvalue weighted by Gasteiger charge is 2.47. The monoisotopic (exact) mass is 393 g/mol. The lowest BCUT2D eigenvalue weighted by Crippen LogP contribution is -2.41. The highest BCUT2D eigenvalue weighted by atomic mass is 16.3. The fourth-order valence-electron chi connectivity index (χ4n) is 4.56. The van der Waals surface area contributed by atoms with Gasteiger partial charge in [0.25, 0.3) is 5.91 Å². The topological polar surface area (TPSA) is 70.8 Å². The lowest BCUT2D eigenvalue weighted by Gasteiger charge is -2.35. The number of benzene rings is 1. The third-order valence-corrected chi connectivity index (χ3v) is 6.03. The van der Waals surface area contributed by atoms with Crippen molar-refractivity contribution in [3.05, 3.63) is 70.9 Å². The lowest BCUT2D eigenvalue weighted by molar-refractivity contribution is -0.132. The summed E-state index contributed by atoms with van der Waals surface area (Å²) in [6.45, 7) is 1.84. The van der Waals surface area contributed by atoms with Crippen LogP contribution in [0.5, 0.6) is 0 Å². The molecule has 2 aliphatic rings. The third kappa shape index (κ3) is 3.86. The molecule has 0 spiro atoms. The highest BCUT2D eigenvalue weighted by molar-refractivity contribution is 6.09. The van der Waals surface area contributed by atoms with Crippen LogP contribution in [0.4, 0.5) is 0 Å². The van der Waals surface area contributed by atoms with Crippen LogP contribution in [0.25, 0.3) is 0 Å². The van der Waals surface area contributed by atoms with Crippen LogP contribution in [0.2, 0.25) is 0 Å². The average molecular weight is 393 g/mol. The molecule has 0 saturated heterocycles. The van der Waals surface area contributed by atoms with E-state index in [1.54, 1.807) is 4.90 Å². The Bertz CT molecular complexity index is 921. The van der Waals surface area contributed by atoms with Crippen molar-refractivity contribution in [2.75, 3.05) is 0 Å². The van der Waals surface area contributed by atoms with Gasteiger partial charge in [0.15, 0.2) is 11.5 Å². The number of nitrogens with zero attached hydrogens (tertiary/aromatic N) is 1. The van der Waals surface area contributed by atoms with Crippen molar-refractivity contribution >= 4 is 11.7 Å². The van der Waals surface area contributed by atoms with E-state index < -0.39 is 17.7 Å². The smallest absolute Gasteiger partial charge is 0.290 e. The summed E-state index contributed by atoms with van der Waals surface area (Å²) in [5.41, 5.74) is 1.24. The number of aliphatic hydroxyl groups is 1. The van der Waals surface area contributed by atoms with Crippen molar-refractivity contribution in [2.45, 2.75) is 64.0 Å². The quantitative estimate of drug-likeness (QED) is 0.764. The average Bonchev–Trinajstić information content (AvgIpc) is 3.29. The second-order valence-corrected chi connectivity index (χ2v) is 8.03. The van der Waals surface area contributed by atoms with E-state index in [-0.39, 0.29) is 23.8 Å². The zero-order chi connectivity index (χ0) is 20.4. The van der Waals surface area contributed by atoms with E-state index in [1.807, 2.05) is 49.4 Å². The number of aliphatic hydroxyl groups excluding tert-OH is 1. The van der Waals surface area contributed by atoms with E-state index in [0.29, 0.717) is 12.2 Å². The molecule has 1 fully saturated rings. The number of ketones is 1. The molecular weight excluding hydrogens is 366 g/mol. The number of rotatable bonds is 6. The standard InChI is InChI=1S/C24H27NO4/c1-16-12-15-20(29-16)22-21(19(26)14-13-17-8-4-2-5-9-17)23(27)24(28)25(22)18-10-6-3-7-11-18/h2,4-5,8-9,12,15,18,22,27H,3,6-7,10-11,13-14H2,1H3. The van der Waals surface area contributed by atoms with Crippen molar-refractivity contribution < 1.29 is 19.1 Å². The lowest BCUT2D eigenvalue weighted by atomic mass is 9.91. The summed E-state index contributed by atoms with van der Waals surface area (Å²) in [4.78, 5) is 27.9. The molecule has 1 atom stereocenters. The first kappa shape index (κ1) is 19.5. The first-order valence-electron chi connectivity index (χ1n) is 10.5. The number of Topliss-reactive ketones (excluding diaryl/α,β-unsaturated/α-hetero) is 1. The molecule has 1 aromatic carbocycles. The van der Waals surface area contributed by atoms with Crippen LogP contribution >= 0.6 is 0 Å². The molecular formula is C24H27NO4. The second kappa shape index (κ2) is 8.27. The Labute approximate surface area is 171 Å². The van der Waals surface area contributed by atoms with Gasteiger partial charge in [-0.25, -0.2) is 0 Å². The van der Waals surface area contributed by atoms with E-state index in [9.17, 15) is 14.7 Å². The van der Waals surface area contributed by atoms with Crippen LogP contribution in [0.15, 0.2) is 58.2 Å². The molecule has 29 heavy (non-hydrogen) atoms. The molecule has 2 aromatic rings. The van der Waals surface area contributed by atoms with E-state index in [4.69, 9.17) is 4.42 Å². The fourth-order valence-corrected chi connectivity index (χ4v) is 4.56. The van der Waals surface area contributed by atoms with Crippen LogP contribution in [-0.4, -0.2) is 27.7 Å². The number of furan rings is 1. The van der Waals surface area contributed by atoms with Crippen molar-refractivity contribution in [1.29, 1.82) is 0 Å². The van der Waals surface area contributed by atoms with Gasteiger partial charge in [-0.15, -0.1) is 0 Å². The fraction of sp³-hybridized carbons (Fsp3) is 0.417. The molecule has 0 radical (unpaired) electrons. The molecule has 1 unspecified atom stereocenters. The molecule has 1 aliphatic carbocycles. The molecule has 1 amide bonds. The van der Waals surface area contributed by atoms with Gasteiger partial charge in [-0.05, 0) is 43.9 Å². The van der Waals surface area contributed by atoms with Crippen molar-refractivity contribution in [3.63, 3.8) is 0 Å². The second-order valence-electron chi connectivity index (χ2n) is 8.03. The summed E-state index contributed by atoms with van der Waals surface area (Å²) in [5.74, 6) is 0.218. The van der Waals surface area contributed by atoms with Crippen LogP contribution in [0.1, 0.15) is 61.7 Å². The summed E-state index contributed by atoms with van der Waals surface area (Å²) >= 11 is 0. The maximum absolute atomic E-state index is 13.2. The zero-order valence-corrected chi connectivity index (χ0v) is 16.8. The van der Waals surface area contributed by atoms with E-state index in [0.717, 1.165) is 43.4 Å². The first-order valence-corrected chi connectivity index (χ1v) is 10.5. The third-order valence-electron chi connectivity index (χ3n) is 6.03. The van der Waals surface area contributed by atoms with Crippen molar-refractivity contribution in [3.8, 4) is 0 Å². The minimum absolute atomic E-state index is 0.0215. The Hall–Kier alpha value is -2.82. The van der Waals surface area contributed by atoms with Gasteiger partial charge < -0.3 is 14.4 Å². The maximum atomic E-state index is 13.2. The van der Waals surface area contributed by atoms with E-state index in [2.05, 4.69) is 0 Å². The Balaban J connectivity index is 1.64. The van der Waals surface area contributed by atoms with Crippen molar-refractivity contribution in [2.24, 2.45) is 0 Å². The number of aryl methyl sites for hydroxylation is 2. The SMILES string of the molecule is Cc1ccc(C2C(C(=O)CCc3ccccc3)=C(O)C(=O)N2C2CCCCC2)o1. The number of carbonyl (C=O) groups is 2. The van der Waals surface area contributed by atoms with Crippen LogP contribution in [0, 0.1) is 6.92 Å². The predicted octanol–water partition coefficient (Wildman–Crippen LogP) is 4.82. The highest BCUT2D eigenvalue weighted by Crippen LogP contribution is 2.42. The Morgan fingerprint density at radius 2 is 1.83 bits per heavy atom. The largest absolute Gasteiger partial charge is 0.503 e. The zero-order valence-electron chi connectivity index (χ0n) is 16.8. The van der Waals surface area contributed by atoms with Crippen molar-refractivity contribution in [1.82, 2.24) is 4.90 Å². The number of amides is 1.